The molecule has 2 heterocycles. The molecule has 1 aliphatic heterocycles. The number of hydrogen-bond donors (Lipinski definition) is 1. The molecule has 0 aromatic carbocycles. The van der Waals surface area contributed by atoms with Gasteiger partial charge in [-0.05, 0) is 18.9 Å². The van der Waals surface area contributed by atoms with Gasteiger partial charge in [0.05, 0.1) is 11.5 Å². The zero-order valence-electron chi connectivity index (χ0n) is 8.96. The van der Waals surface area contributed by atoms with Gasteiger partial charge in [-0.15, -0.1) is 0 Å². The van der Waals surface area contributed by atoms with Gasteiger partial charge >= 0.3 is 0 Å². The Morgan fingerprint density at radius 1 is 1.38 bits per heavy atom. The van der Waals surface area contributed by atoms with Gasteiger partial charge in [0.25, 0.3) is 0 Å². The average Bonchev–Trinajstić information content (AvgIpc) is 2.60. The van der Waals surface area contributed by atoms with E-state index in [1.807, 2.05) is 0 Å². The minimum Gasteiger partial charge on any atom is -0.312 e. The van der Waals surface area contributed by atoms with E-state index in [-0.39, 0.29) is 5.92 Å². The summed E-state index contributed by atoms with van der Waals surface area (Å²) in [6.07, 6.45) is 5.78. The van der Waals surface area contributed by atoms with Gasteiger partial charge < -0.3 is 5.32 Å². The first kappa shape index (κ1) is 11.5. The molecule has 1 atom stereocenters. The SMILES string of the molecule is O=S1(=O)CCC(CNCc2cncnc2)C1. The maximum atomic E-state index is 11.2. The zero-order valence-corrected chi connectivity index (χ0v) is 9.78. The highest BCUT2D eigenvalue weighted by molar-refractivity contribution is 7.91. The molecule has 88 valence electrons. The molecule has 0 aliphatic carbocycles. The maximum Gasteiger partial charge on any atom is 0.150 e. The summed E-state index contributed by atoms with van der Waals surface area (Å²) >= 11 is 0. The second-order valence-corrected chi connectivity index (χ2v) is 6.38. The van der Waals surface area contributed by atoms with Crippen molar-refractivity contribution in [3.8, 4) is 0 Å². The van der Waals surface area contributed by atoms with Gasteiger partial charge in [-0.25, -0.2) is 18.4 Å². The molecule has 0 radical (unpaired) electrons. The monoisotopic (exact) mass is 241 g/mol. The number of hydrogen-bond acceptors (Lipinski definition) is 5. The van der Waals surface area contributed by atoms with Crippen LogP contribution in [0.1, 0.15) is 12.0 Å². The average molecular weight is 241 g/mol. The number of nitrogens with zero attached hydrogens (tertiary/aromatic N) is 2. The first-order chi connectivity index (χ1) is 7.66. The summed E-state index contributed by atoms with van der Waals surface area (Å²) in [5.74, 6) is 0.925. The lowest BCUT2D eigenvalue weighted by Crippen LogP contribution is -2.23. The second kappa shape index (κ2) is 4.88. The van der Waals surface area contributed by atoms with Gasteiger partial charge in [-0.3, -0.25) is 0 Å². The number of nitrogens with one attached hydrogen (secondary N) is 1. The van der Waals surface area contributed by atoms with E-state index in [2.05, 4.69) is 15.3 Å². The van der Waals surface area contributed by atoms with E-state index < -0.39 is 9.84 Å². The van der Waals surface area contributed by atoms with Crippen LogP contribution < -0.4 is 5.32 Å². The van der Waals surface area contributed by atoms with Crippen molar-refractivity contribution in [3.05, 3.63) is 24.3 Å². The third-order valence-corrected chi connectivity index (χ3v) is 4.54. The van der Waals surface area contributed by atoms with Gasteiger partial charge in [0, 0.05) is 24.5 Å². The van der Waals surface area contributed by atoms with Crippen molar-refractivity contribution in [2.24, 2.45) is 5.92 Å². The van der Waals surface area contributed by atoms with E-state index >= 15 is 0 Å². The molecule has 1 N–H and O–H groups in total. The van der Waals surface area contributed by atoms with Crippen LogP contribution in [0.5, 0.6) is 0 Å². The number of rotatable bonds is 4. The molecule has 0 saturated carbocycles. The molecule has 0 bridgehead atoms. The van der Waals surface area contributed by atoms with Crippen LogP contribution in [0, 0.1) is 5.92 Å². The van der Waals surface area contributed by atoms with Gasteiger partial charge in [0.15, 0.2) is 9.84 Å². The molecule has 16 heavy (non-hydrogen) atoms. The van der Waals surface area contributed by atoms with Crippen LogP contribution >= 0.6 is 0 Å². The minimum absolute atomic E-state index is 0.259. The van der Waals surface area contributed by atoms with E-state index in [0.717, 1.165) is 18.5 Å². The largest absolute Gasteiger partial charge is 0.312 e. The van der Waals surface area contributed by atoms with Crippen LogP contribution in [0.25, 0.3) is 0 Å². The lowest BCUT2D eigenvalue weighted by atomic mass is 10.1. The molecule has 1 aliphatic rings. The summed E-state index contributed by atoms with van der Waals surface area (Å²) in [6.45, 7) is 1.44. The first-order valence-corrected chi connectivity index (χ1v) is 7.13. The van der Waals surface area contributed by atoms with Crippen molar-refractivity contribution < 1.29 is 8.42 Å². The van der Waals surface area contributed by atoms with E-state index in [1.165, 1.54) is 6.33 Å². The Bertz CT molecular complexity index is 433. The molecular formula is C10H15N3O2S. The Balaban J connectivity index is 1.74. The van der Waals surface area contributed by atoms with Crippen molar-refractivity contribution in [3.63, 3.8) is 0 Å². The van der Waals surface area contributed by atoms with Gasteiger partial charge in [0.1, 0.15) is 6.33 Å². The quantitative estimate of drug-likeness (QED) is 0.803. The molecule has 2 rings (SSSR count). The number of sulfone groups is 1. The summed E-state index contributed by atoms with van der Waals surface area (Å²) in [5, 5.41) is 3.24. The van der Waals surface area contributed by atoms with Crippen LogP contribution in [0.15, 0.2) is 18.7 Å². The van der Waals surface area contributed by atoms with Crippen molar-refractivity contribution >= 4 is 9.84 Å². The summed E-state index contributed by atoms with van der Waals surface area (Å²) in [7, 11) is -2.76. The third-order valence-electron chi connectivity index (χ3n) is 2.70. The fourth-order valence-corrected chi connectivity index (χ4v) is 3.74. The molecule has 1 aromatic rings. The highest BCUT2D eigenvalue weighted by Gasteiger charge is 2.27. The fourth-order valence-electron chi connectivity index (χ4n) is 1.87. The Morgan fingerprint density at radius 2 is 2.12 bits per heavy atom. The van der Waals surface area contributed by atoms with Crippen LogP contribution in [0.4, 0.5) is 0 Å². The van der Waals surface area contributed by atoms with E-state index in [0.29, 0.717) is 18.1 Å². The Kier molecular flexibility index (Phi) is 3.50. The predicted octanol–water partition coefficient (Wildman–Crippen LogP) is 0.000900. The minimum atomic E-state index is -2.76. The predicted molar refractivity (Wildman–Crippen MR) is 60.5 cm³/mol. The van der Waals surface area contributed by atoms with Gasteiger partial charge in [0.2, 0.25) is 0 Å². The standard InChI is InChI=1S/C10H15N3O2S/c14-16(15)2-1-9(7-16)3-11-4-10-5-12-8-13-6-10/h5-6,8-9,11H,1-4,7H2. The molecule has 1 unspecified atom stereocenters. The Morgan fingerprint density at radius 3 is 2.75 bits per heavy atom. The van der Waals surface area contributed by atoms with E-state index in [9.17, 15) is 8.42 Å². The highest BCUT2D eigenvalue weighted by atomic mass is 32.2. The summed E-state index contributed by atoms with van der Waals surface area (Å²) in [6, 6.07) is 0. The molecule has 1 aromatic heterocycles. The van der Waals surface area contributed by atoms with Crippen molar-refractivity contribution in [2.75, 3.05) is 18.1 Å². The van der Waals surface area contributed by atoms with E-state index in [4.69, 9.17) is 0 Å². The molecule has 1 saturated heterocycles. The first-order valence-electron chi connectivity index (χ1n) is 5.31. The molecular weight excluding hydrogens is 226 g/mol. The van der Waals surface area contributed by atoms with Crippen LogP contribution in [-0.4, -0.2) is 36.4 Å². The number of aromatic nitrogens is 2. The second-order valence-electron chi connectivity index (χ2n) is 4.15. The topological polar surface area (TPSA) is 72.0 Å². The zero-order chi connectivity index (χ0) is 11.4. The van der Waals surface area contributed by atoms with Crippen LogP contribution in [0.2, 0.25) is 0 Å². The summed E-state index contributed by atoms with van der Waals surface area (Å²) < 4.78 is 22.5. The van der Waals surface area contributed by atoms with Crippen molar-refractivity contribution in [2.45, 2.75) is 13.0 Å². The van der Waals surface area contributed by atoms with Crippen molar-refractivity contribution in [1.29, 1.82) is 0 Å². The van der Waals surface area contributed by atoms with Gasteiger partial charge in [-0.2, -0.15) is 0 Å². The van der Waals surface area contributed by atoms with Gasteiger partial charge in [-0.1, -0.05) is 0 Å². The third kappa shape index (κ3) is 3.24. The lowest BCUT2D eigenvalue weighted by Gasteiger charge is -2.08. The maximum absolute atomic E-state index is 11.2. The normalized spacial score (nSPS) is 23.4. The van der Waals surface area contributed by atoms with Crippen LogP contribution in [-0.2, 0) is 16.4 Å². The van der Waals surface area contributed by atoms with Crippen molar-refractivity contribution in [1.82, 2.24) is 15.3 Å². The Hall–Kier alpha value is -1.01. The summed E-state index contributed by atoms with van der Waals surface area (Å²) in [4.78, 5) is 7.82. The van der Waals surface area contributed by atoms with E-state index in [1.54, 1.807) is 12.4 Å². The lowest BCUT2D eigenvalue weighted by molar-refractivity contribution is 0.520. The smallest absolute Gasteiger partial charge is 0.150 e. The molecule has 0 spiro atoms. The fraction of sp³-hybridized carbons (Fsp3) is 0.600. The Labute approximate surface area is 95.2 Å². The summed E-state index contributed by atoms with van der Waals surface area (Å²) in [5.41, 5.74) is 1.02. The molecule has 1 fully saturated rings. The molecule has 5 nitrogen and oxygen atoms in total. The highest BCUT2D eigenvalue weighted by Crippen LogP contribution is 2.17. The molecule has 0 amide bonds. The molecule has 6 heteroatoms. The van der Waals surface area contributed by atoms with Crippen LogP contribution in [0.3, 0.4) is 0 Å².